The van der Waals surface area contributed by atoms with Crippen LogP contribution in [-0.4, -0.2) is 55.1 Å². The fraction of sp³-hybridized carbons (Fsp3) is 0.381. The van der Waals surface area contributed by atoms with Crippen molar-refractivity contribution in [2.75, 3.05) is 39.4 Å². The van der Waals surface area contributed by atoms with E-state index in [0.29, 0.717) is 38.4 Å². The minimum Gasteiger partial charge on any atom is -0.379 e. The first kappa shape index (κ1) is 19.5. The lowest BCUT2D eigenvalue weighted by Gasteiger charge is -2.30. The van der Waals surface area contributed by atoms with Gasteiger partial charge in [-0.05, 0) is 29.3 Å². The highest BCUT2D eigenvalue weighted by atomic mass is 19.1. The lowest BCUT2D eigenvalue weighted by atomic mass is 10.1. The molecule has 0 radical (unpaired) electrons. The van der Waals surface area contributed by atoms with Crippen molar-refractivity contribution in [3.63, 3.8) is 0 Å². The Morgan fingerprint density at radius 3 is 2.59 bits per heavy atom. The van der Waals surface area contributed by atoms with Crippen molar-refractivity contribution in [3.05, 3.63) is 71.3 Å². The molecule has 0 spiro atoms. The Balaban J connectivity index is 1.69. The van der Waals surface area contributed by atoms with Crippen molar-refractivity contribution in [2.45, 2.75) is 13.0 Å². The summed E-state index contributed by atoms with van der Waals surface area (Å²) in [5, 5.41) is 0. The lowest BCUT2D eigenvalue weighted by molar-refractivity contribution is -0.131. The molecule has 0 saturated carbocycles. The number of hydrogen-bond acceptors (Lipinski definition) is 3. The molecule has 1 aliphatic rings. The largest absolute Gasteiger partial charge is 0.379 e. The Labute approximate surface area is 158 Å². The van der Waals surface area contributed by atoms with E-state index in [1.54, 1.807) is 35.2 Å². The SMILES string of the molecule is O=C(Cc1ccccc1F)N(CCN1CCOCC1)Cc1cccc(F)c1. The topological polar surface area (TPSA) is 32.8 Å². The molecule has 1 fully saturated rings. The Hall–Kier alpha value is -2.31. The van der Waals surface area contributed by atoms with E-state index in [9.17, 15) is 13.6 Å². The van der Waals surface area contributed by atoms with Gasteiger partial charge in [-0.3, -0.25) is 9.69 Å². The second kappa shape index (κ2) is 9.58. The summed E-state index contributed by atoms with van der Waals surface area (Å²) in [7, 11) is 0. The van der Waals surface area contributed by atoms with E-state index < -0.39 is 0 Å². The van der Waals surface area contributed by atoms with Crippen LogP contribution in [0.1, 0.15) is 11.1 Å². The molecule has 6 heteroatoms. The molecule has 1 aliphatic heterocycles. The van der Waals surface area contributed by atoms with Gasteiger partial charge >= 0.3 is 0 Å². The maximum absolute atomic E-state index is 13.9. The van der Waals surface area contributed by atoms with Crippen molar-refractivity contribution in [3.8, 4) is 0 Å². The Kier molecular flexibility index (Phi) is 6.90. The van der Waals surface area contributed by atoms with E-state index >= 15 is 0 Å². The highest BCUT2D eigenvalue weighted by Gasteiger charge is 2.19. The van der Waals surface area contributed by atoms with Crippen LogP contribution in [0.15, 0.2) is 48.5 Å². The van der Waals surface area contributed by atoms with Gasteiger partial charge in [0, 0.05) is 32.7 Å². The summed E-state index contributed by atoms with van der Waals surface area (Å²) in [4.78, 5) is 16.8. The zero-order valence-electron chi connectivity index (χ0n) is 15.2. The molecular formula is C21H24F2N2O2. The van der Waals surface area contributed by atoms with Crippen molar-refractivity contribution < 1.29 is 18.3 Å². The van der Waals surface area contributed by atoms with Gasteiger partial charge in [-0.2, -0.15) is 0 Å². The van der Waals surface area contributed by atoms with Gasteiger partial charge < -0.3 is 9.64 Å². The van der Waals surface area contributed by atoms with Crippen LogP contribution in [-0.2, 0) is 22.5 Å². The third-order valence-corrected chi connectivity index (χ3v) is 4.70. The summed E-state index contributed by atoms with van der Waals surface area (Å²) in [5.41, 5.74) is 1.09. The number of ether oxygens (including phenoxy) is 1. The van der Waals surface area contributed by atoms with Gasteiger partial charge in [-0.1, -0.05) is 30.3 Å². The molecule has 0 aromatic heterocycles. The monoisotopic (exact) mass is 374 g/mol. The van der Waals surface area contributed by atoms with Crippen molar-refractivity contribution >= 4 is 5.91 Å². The normalized spacial score (nSPS) is 14.9. The van der Waals surface area contributed by atoms with Crippen LogP contribution in [0.3, 0.4) is 0 Å². The van der Waals surface area contributed by atoms with Gasteiger partial charge in [0.15, 0.2) is 0 Å². The molecule has 144 valence electrons. The first-order valence-electron chi connectivity index (χ1n) is 9.17. The zero-order chi connectivity index (χ0) is 19.1. The Morgan fingerprint density at radius 1 is 1.07 bits per heavy atom. The molecule has 1 amide bonds. The molecule has 27 heavy (non-hydrogen) atoms. The summed E-state index contributed by atoms with van der Waals surface area (Å²) < 4.78 is 32.8. The lowest BCUT2D eigenvalue weighted by Crippen LogP contribution is -2.43. The summed E-state index contributed by atoms with van der Waals surface area (Å²) in [6.45, 7) is 4.55. The van der Waals surface area contributed by atoms with Gasteiger partial charge in [0.1, 0.15) is 11.6 Å². The molecular weight excluding hydrogens is 350 g/mol. The third-order valence-electron chi connectivity index (χ3n) is 4.70. The Bertz CT molecular complexity index is 763. The van der Waals surface area contributed by atoms with Crippen LogP contribution >= 0.6 is 0 Å². The predicted molar refractivity (Wildman–Crippen MR) is 99.2 cm³/mol. The van der Waals surface area contributed by atoms with E-state index in [1.165, 1.54) is 18.2 Å². The van der Waals surface area contributed by atoms with Gasteiger partial charge in [0.05, 0.1) is 19.6 Å². The number of rotatable bonds is 7. The number of carbonyl (C=O) groups excluding carboxylic acids is 1. The van der Waals surface area contributed by atoms with E-state index in [0.717, 1.165) is 18.7 Å². The molecule has 1 saturated heterocycles. The molecule has 0 bridgehead atoms. The molecule has 3 rings (SSSR count). The van der Waals surface area contributed by atoms with Crippen LogP contribution in [0.4, 0.5) is 8.78 Å². The fourth-order valence-corrected chi connectivity index (χ4v) is 3.15. The number of amides is 1. The molecule has 0 N–H and O–H groups in total. The number of benzene rings is 2. The number of halogens is 2. The van der Waals surface area contributed by atoms with E-state index in [4.69, 9.17) is 4.74 Å². The number of hydrogen-bond donors (Lipinski definition) is 0. The zero-order valence-corrected chi connectivity index (χ0v) is 15.2. The molecule has 0 unspecified atom stereocenters. The van der Waals surface area contributed by atoms with E-state index in [1.807, 2.05) is 0 Å². The molecule has 1 heterocycles. The average Bonchev–Trinajstić information content (AvgIpc) is 2.67. The molecule has 2 aromatic rings. The summed E-state index contributed by atoms with van der Waals surface area (Å²) in [6.07, 6.45) is -0.00883. The minimum atomic E-state index is -0.385. The predicted octanol–water partition coefficient (Wildman–Crippen LogP) is 2.87. The second-order valence-corrected chi connectivity index (χ2v) is 6.67. The van der Waals surface area contributed by atoms with Crippen molar-refractivity contribution in [2.24, 2.45) is 0 Å². The van der Waals surface area contributed by atoms with Crippen LogP contribution in [0, 0.1) is 11.6 Å². The molecule has 0 atom stereocenters. The third kappa shape index (κ3) is 5.84. The number of carbonyl (C=O) groups is 1. The van der Waals surface area contributed by atoms with Crippen LogP contribution in [0.2, 0.25) is 0 Å². The first-order chi connectivity index (χ1) is 13.1. The Morgan fingerprint density at radius 2 is 1.85 bits per heavy atom. The minimum absolute atomic E-state index is 0.00883. The van der Waals surface area contributed by atoms with Gasteiger partial charge in [0.25, 0.3) is 0 Å². The van der Waals surface area contributed by atoms with Gasteiger partial charge in [-0.25, -0.2) is 8.78 Å². The van der Waals surface area contributed by atoms with Gasteiger partial charge in [0.2, 0.25) is 5.91 Å². The van der Waals surface area contributed by atoms with E-state index in [-0.39, 0.29) is 24.0 Å². The highest BCUT2D eigenvalue weighted by molar-refractivity contribution is 5.78. The van der Waals surface area contributed by atoms with E-state index in [2.05, 4.69) is 4.90 Å². The van der Waals surface area contributed by atoms with Crippen molar-refractivity contribution in [1.82, 2.24) is 9.80 Å². The van der Waals surface area contributed by atoms with Crippen LogP contribution in [0.5, 0.6) is 0 Å². The van der Waals surface area contributed by atoms with Crippen molar-refractivity contribution in [1.29, 1.82) is 0 Å². The second-order valence-electron chi connectivity index (χ2n) is 6.67. The smallest absolute Gasteiger partial charge is 0.227 e. The molecule has 2 aromatic carbocycles. The fourth-order valence-electron chi connectivity index (χ4n) is 3.15. The molecule has 0 aliphatic carbocycles. The number of nitrogens with zero attached hydrogens (tertiary/aromatic N) is 2. The summed E-state index contributed by atoms with van der Waals surface area (Å²) in [5.74, 6) is -0.885. The standard InChI is InChI=1S/C21H24F2N2O2/c22-19-6-3-4-17(14-19)16-25(9-8-24-10-12-27-13-11-24)21(26)15-18-5-1-2-7-20(18)23/h1-7,14H,8-13,15-16H2. The van der Waals surface area contributed by atoms with Crippen LogP contribution < -0.4 is 0 Å². The average molecular weight is 374 g/mol. The number of morpholine rings is 1. The molecule has 4 nitrogen and oxygen atoms in total. The van der Waals surface area contributed by atoms with Gasteiger partial charge in [-0.15, -0.1) is 0 Å². The maximum Gasteiger partial charge on any atom is 0.227 e. The highest BCUT2D eigenvalue weighted by Crippen LogP contribution is 2.13. The quantitative estimate of drug-likeness (QED) is 0.747. The summed E-state index contributed by atoms with van der Waals surface area (Å²) in [6, 6.07) is 12.5. The van der Waals surface area contributed by atoms with Crippen LogP contribution in [0.25, 0.3) is 0 Å². The first-order valence-corrected chi connectivity index (χ1v) is 9.17. The summed E-state index contributed by atoms with van der Waals surface area (Å²) >= 11 is 0. The maximum atomic E-state index is 13.9.